The number of urea groups is 1. The number of thioether (sulfide) groups is 1. The molecule has 1 atom stereocenters. The smallest absolute Gasteiger partial charge is 0.321 e. The van der Waals surface area contributed by atoms with E-state index in [-0.39, 0.29) is 12.1 Å². The molecule has 5 heteroatoms. The molecule has 4 nitrogen and oxygen atoms in total. The fraction of sp³-hybridized carbons (Fsp3) is 0.588. The van der Waals surface area contributed by atoms with Gasteiger partial charge in [0.15, 0.2) is 0 Å². The van der Waals surface area contributed by atoms with Crippen molar-refractivity contribution in [2.24, 2.45) is 0 Å². The first kappa shape index (κ1) is 17.0. The maximum absolute atomic E-state index is 12.3. The van der Waals surface area contributed by atoms with Crippen LogP contribution < -0.4 is 10.2 Å². The van der Waals surface area contributed by atoms with Crippen molar-refractivity contribution in [3.8, 4) is 0 Å². The Hall–Kier alpha value is -1.36. The van der Waals surface area contributed by atoms with Gasteiger partial charge in [0.2, 0.25) is 0 Å². The Morgan fingerprint density at radius 2 is 2.09 bits per heavy atom. The van der Waals surface area contributed by atoms with Crippen molar-refractivity contribution >= 4 is 29.2 Å². The van der Waals surface area contributed by atoms with Crippen LogP contribution in [-0.4, -0.2) is 49.1 Å². The predicted octanol–water partition coefficient (Wildman–Crippen LogP) is 3.89. The van der Waals surface area contributed by atoms with E-state index in [4.69, 9.17) is 0 Å². The molecule has 1 aromatic rings. The van der Waals surface area contributed by atoms with Crippen LogP contribution in [0, 0.1) is 0 Å². The van der Waals surface area contributed by atoms with Crippen LogP contribution in [0.2, 0.25) is 0 Å². The highest BCUT2D eigenvalue weighted by Gasteiger charge is 2.16. The zero-order valence-electron chi connectivity index (χ0n) is 13.8. The number of hydrogen-bond acceptors (Lipinski definition) is 3. The molecule has 1 fully saturated rings. The van der Waals surface area contributed by atoms with Crippen LogP contribution in [0.4, 0.5) is 16.2 Å². The summed E-state index contributed by atoms with van der Waals surface area (Å²) in [6, 6.07) is 8.36. The van der Waals surface area contributed by atoms with Gasteiger partial charge < -0.3 is 15.1 Å². The number of carbonyl (C=O) groups excluding carboxylic acids is 1. The first-order valence-corrected chi connectivity index (χ1v) is 9.39. The number of nitrogens with zero attached hydrogens (tertiary/aromatic N) is 2. The number of piperidine rings is 1. The molecule has 2 rings (SSSR count). The highest BCUT2D eigenvalue weighted by atomic mass is 32.2. The second kappa shape index (κ2) is 8.32. The van der Waals surface area contributed by atoms with Crippen LogP contribution in [0.1, 0.15) is 26.2 Å². The van der Waals surface area contributed by atoms with Crippen molar-refractivity contribution in [1.82, 2.24) is 4.90 Å². The van der Waals surface area contributed by atoms with E-state index >= 15 is 0 Å². The maximum atomic E-state index is 12.3. The molecule has 1 aliphatic heterocycles. The molecule has 22 heavy (non-hydrogen) atoms. The van der Waals surface area contributed by atoms with Gasteiger partial charge in [-0.3, -0.25) is 0 Å². The zero-order chi connectivity index (χ0) is 15.9. The number of rotatable bonds is 5. The molecule has 0 aliphatic carbocycles. The third kappa shape index (κ3) is 4.57. The Morgan fingerprint density at radius 1 is 1.36 bits per heavy atom. The van der Waals surface area contributed by atoms with E-state index in [9.17, 15) is 4.79 Å². The van der Waals surface area contributed by atoms with E-state index in [0.29, 0.717) is 0 Å². The molecule has 0 spiro atoms. The van der Waals surface area contributed by atoms with E-state index in [1.54, 1.807) is 16.7 Å². The first-order valence-electron chi connectivity index (χ1n) is 7.99. The molecule has 2 amide bonds. The van der Waals surface area contributed by atoms with Crippen LogP contribution >= 0.6 is 11.8 Å². The molecule has 1 unspecified atom stereocenters. The van der Waals surface area contributed by atoms with Gasteiger partial charge in [-0.05, 0) is 50.6 Å². The summed E-state index contributed by atoms with van der Waals surface area (Å²) in [5, 5.41) is 3.01. The minimum absolute atomic E-state index is 0.0441. The van der Waals surface area contributed by atoms with Gasteiger partial charge in [-0.15, -0.1) is 0 Å². The molecule has 1 N–H and O–H groups in total. The largest absolute Gasteiger partial charge is 0.371 e. The predicted molar refractivity (Wildman–Crippen MR) is 97.1 cm³/mol. The van der Waals surface area contributed by atoms with Crippen LogP contribution in [0.15, 0.2) is 24.3 Å². The van der Waals surface area contributed by atoms with E-state index in [0.717, 1.165) is 24.5 Å². The molecule has 122 valence electrons. The molecule has 0 aromatic heterocycles. The van der Waals surface area contributed by atoms with Gasteiger partial charge in [-0.2, -0.15) is 11.8 Å². The monoisotopic (exact) mass is 321 g/mol. The van der Waals surface area contributed by atoms with Gasteiger partial charge >= 0.3 is 6.03 Å². The van der Waals surface area contributed by atoms with Crippen LogP contribution in [0.5, 0.6) is 0 Å². The van der Waals surface area contributed by atoms with E-state index < -0.39 is 0 Å². The highest BCUT2D eigenvalue weighted by molar-refractivity contribution is 7.98. The van der Waals surface area contributed by atoms with Crippen molar-refractivity contribution in [1.29, 1.82) is 0 Å². The lowest BCUT2D eigenvalue weighted by Crippen LogP contribution is -2.39. The molecule has 1 heterocycles. The summed E-state index contributed by atoms with van der Waals surface area (Å²) in [5.41, 5.74) is 2.08. The molecular formula is C17H27N3OS. The van der Waals surface area contributed by atoms with Gasteiger partial charge in [-0.25, -0.2) is 4.79 Å². The van der Waals surface area contributed by atoms with Gasteiger partial charge in [-0.1, -0.05) is 6.07 Å². The number of hydrogen-bond donors (Lipinski definition) is 1. The SMILES string of the molecule is CSCC(C)N(C)C(=O)Nc1cccc(N2CCCCC2)c1. The Kier molecular flexibility index (Phi) is 6.43. The molecule has 0 saturated carbocycles. The van der Waals surface area contributed by atoms with Gasteiger partial charge in [0.25, 0.3) is 0 Å². The van der Waals surface area contributed by atoms with Crippen molar-refractivity contribution < 1.29 is 4.79 Å². The third-order valence-electron chi connectivity index (χ3n) is 4.21. The van der Waals surface area contributed by atoms with Gasteiger partial charge in [0.05, 0.1) is 0 Å². The summed E-state index contributed by atoms with van der Waals surface area (Å²) in [4.78, 5) is 16.5. The third-order valence-corrected chi connectivity index (χ3v) is 5.02. The second-order valence-corrected chi connectivity index (χ2v) is 6.85. The number of amides is 2. The average Bonchev–Trinajstić information content (AvgIpc) is 2.55. The summed E-state index contributed by atoms with van der Waals surface area (Å²) in [6.07, 6.45) is 5.90. The lowest BCUT2D eigenvalue weighted by molar-refractivity contribution is 0.212. The summed E-state index contributed by atoms with van der Waals surface area (Å²) < 4.78 is 0. The lowest BCUT2D eigenvalue weighted by Gasteiger charge is -2.29. The molecule has 1 aromatic carbocycles. The van der Waals surface area contributed by atoms with Crippen molar-refractivity contribution in [2.45, 2.75) is 32.2 Å². The normalized spacial score (nSPS) is 16.2. The molecule has 1 saturated heterocycles. The Balaban J connectivity index is 1.99. The summed E-state index contributed by atoms with van der Waals surface area (Å²) in [6.45, 7) is 4.30. The van der Waals surface area contributed by atoms with Gasteiger partial charge in [0, 0.05) is 43.3 Å². The lowest BCUT2D eigenvalue weighted by atomic mass is 10.1. The summed E-state index contributed by atoms with van der Waals surface area (Å²) in [7, 11) is 1.85. The summed E-state index contributed by atoms with van der Waals surface area (Å²) in [5.74, 6) is 0.942. The topological polar surface area (TPSA) is 35.6 Å². The quantitative estimate of drug-likeness (QED) is 0.893. The fourth-order valence-electron chi connectivity index (χ4n) is 2.70. The van der Waals surface area contributed by atoms with E-state index in [1.807, 2.05) is 19.2 Å². The van der Waals surface area contributed by atoms with E-state index in [1.165, 1.54) is 24.9 Å². The minimum Gasteiger partial charge on any atom is -0.371 e. The van der Waals surface area contributed by atoms with Crippen LogP contribution in [0.25, 0.3) is 0 Å². The Labute approximate surface area is 138 Å². The second-order valence-electron chi connectivity index (χ2n) is 5.94. The summed E-state index contributed by atoms with van der Waals surface area (Å²) >= 11 is 1.75. The Bertz CT molecular complexity index is 489. The highest BCUT2D eigenvalue weighted by Crippen LogP contribution is 2.23. The standard InChI is InChI=1S/C17H27N3OS/c1-14(13-22-3)19(2)17(21)18-15-8-7-9-16(12-15)20-10-5-4-6-11-20/h7-9,12,14H,4-6,10-11,13H2,1-3H3,(H,18,21). The van der Waals surface area contributed by atoms with Gasteiger partial charge in [0.1, 0.15) is 0 Å². The molecular weight excluding hydrogens is 294 g/mol. The molecule has 1 aliphatic rings. The number of benzene rings is 1. The van der Waals surface area contributed by atoms with Crippen molar-refractivity contribution in [2.75, 3.05) is 42.4 Å². The first-order chi connectivity index (χ1) is 10.6. The maximum Gasteiger partial charge on any atom is 0.321 e. The Morgan fingerprint density at radius 3 is 2.77 bits per heavy atom. The fourth-order valence-corrected chi connectivity index (χ4v) is 3.40. The van der Waals surface area contributed by atoms with Crippen molar-refractivity contribution in [3.05, 3.63) is 24.3 Å². The minimum atomic E-state index is -0.0441. The van der Waals surface area contributed by atoms with Crippen LogP contribution in [0.3, 0.4) is 0 Å². The average molecular weight is 321 g/mol. The number of anilines is 2. The molecule has 0 radical (unpaired) electrons. The molecule has 0 bridgehead atoms. The number of nitrogens with one attached hydrogen (secondary N) is 1. The zero-order valence-corrected chi connectivity index (χ0v) is 14.7. The van der Waals surface area contributed by atoms with Crippen LogP contribution in [-0.2, 0) is 0 Å². The van der Waals surface area contributed by atoms with E-state index in [2.05, 4.69) is 35.5 Å². The van der Waals surface area contributed by atoms with Crippen molar-refractivity contribution in [3.63, 3.8) is 0 Å². The number of carbonyl (C=O) groups is 1.